The van der Waals surface area contributed by atoms with Gasteiger partial charge in [-0.25, -0.2) is 8.42 Å². The maximum Gasteiger partial charge on any atom is 0.243 e. The maximum atomic E-state index is 12.9. The Labute approximate surface area is 180 Å². The summed E-state index contributed by atoms with van der Waals surface area (Å²) in [5, 5.41) is 2.92. The standard InChI is InChI=1S/C23H33N3O3S/c1-6-22(26(30(5,28)29)21-14-13-18(2)19(3)17-21)23(27)24-15-10-16-25(4)20-11-8-7-9-12-20/h7-9,11-14,17,22H,6,10,15-16H2,1-5H3,(H,24,27)/t22-/m0/s1. The van der Waals surface area contributed by atoms with Crippen molar-refractivity contribution >= 4 is 27.3 Å². The number of carbonyl (C=O) groups excluding carboxylic acids is 1. The van der Waals surface area contributed by atoms with Crippen molar-refractivity contribution in [3.63, 3.8) is 0 Å². The van der Waals surface area contributed by atoms with E-state index in [4.69, 9.17) is 0 Å². The van der Waals surface area contributed by atoms with E-state index in [-0.39, 0.29) is 5.91 Å². The van der Waals surface area contributed by atoms with Gasteiger partial charge in [-0.05, 0) is 62.1 Å². The van der Waals surface area contributed by atoms with Crippen molar-refractivity contribution in [3.05, 3.63) is 59.7 Å². The molecule has 1 amide bonds. The first-order valence-corrected chi connectivity index (χ1v) is 12.1. The molecule has 0 aromatic heterocycles. The van der Waals surface area contributed by atoms with Crippen LogP contribution < -0.4 is 14.5 Å². The summed E-state index contributed by atoms with van der Waals surface area (Å²) in [5.74, 6) is -0.275. The number of sulfonamides is 1. The molecule has 2 aromatic rings. The third-order valence-corrected chi connectivity index (χ3v) is 6.42. The molecule has 0 aliphatic carbocycles. The van der Waals surface area contributed by atoms with E-state index < -0.39 is 16.1 Å². The number of anilines is 2. The molecule has 2 rings (SSSR count). The highest BCUT2D eigenvalue weighted by Gasteiger charge is 2.31. The highest BCUT2D eigenvalue weighted by Crippen LogP contribution is 2.25. The van der Waals surface area contributed by atoms with Gasteiger partial charge in [0.05, 0.1) is 11.9 Å². The zero-order valence-corrected chi connectivity index (χ0v) is 19.4. The van der Waals surface area contributed by atoms with Crippen LogP contribution in [0.15, 0.2) is 48.5 Å². The van der Waals surface area contributed by atoms with Gasteiger partial charge >= 0.3 is 0 Å². The van der Waals surface area contributed by atoms with E-state index in [0.717, 1.165) is 36.0 Å². The molecular weight excluding hydrogens is 398 g/mol. The fourth-order valence-electron chi connectivity index (χ4n) is 3.38. The number of hydrogen-bond donors (Lipinski definition) is 1. The molecule has 1 atom stereocenters. The average Bonchev–Trinajstić information content (AvgIpc) is 2.71. The third kappa shape index (κ3) is 6.23. The Morgan fingerprint density at radius 1 is 1.03 bits per heavy atom. The first-order valence-electron chi connectivity index (χ1n) is 10.3. The zero-order chi connectivity index (χ0) is 22.3. The van der Waals surface area contributed by atoms with Crippen molar-refractivity contribution in [2.45, 2.75) is 39.7 Å². The monoisotopic (exact) mass is 431 g/mol. The van der Waals surface area contributed by atoms with Gasteiger partial charge in [0.15, 0.2) is 0 Å². The number of para-hydroxylation sites is 1. The number of carbonyl (C=O) groups is 1. The number of rotatable bonds is 10. The predicted octanol–water partition coefficient (Wildman–Crippen LogP) is 3.49. The van der Waals surface area contributed by atoms with Crippen LogP contribution in [0.1, 0.15) is 30.9 Å². The molecule has 0 unspecified atom stereocenters. The Morgan fingerprint density at radius 3 is 2.27 bits per heavy atom. The molecule has 0 aliphatic heterocycles. The SMILES string of the molecule is CC[C@@H](C(=O)NCCCN(C)c1ccccc1)N(c1ccc(C)c(C)c1)S(C)(=O)=O. The van der Waals surface area contributed by atoms with Crippen LogP contribution in [0, 0.1) is 13.8 Å². The summed E-state index contributed by atoms with van der Waals surface area (Å²) in [6.07, 6.45) is 2.29. The van der Waals surface area contributed by atoms with Gasteiger partial charge in [-0.1, -0.05) is 31.2 Å². The molecule has 0 bridgehead atoms. The number of nitrogens with zero attached hydrogens (tertiary/aromatic N) is 2. The molecule has 6 nitrogen and oxygen atoms in total. The minimum absolute atomic E-state index is 0.275. The molecule has 0 aliphatic rings. The highest BCUT2D eigenvalue weighted by molar-refractivity contribution is 7.92. The molecule has 7 heteroatoms. The smallest absolute Gasteiger partial charge is 0.243 e. The van der Waals surface area contributed by atoms with Crippen molar-refractivity contribution in [1.29, 1.82) is 0 Å². The van der Waals surface area contributed by atoms with Crippen molar-refractivity contribution in [1.82, 2.24) is 5.32 Å². The maximum absolute atomic E-state index is 12.9. The van der Waals surface area contributed by atoms with Gasteiger partial charge in [0.25, 0.3) is 0 Å². The summed E-state index contributed by atoms with van der Waals surface area (Å²) in [6.45, 7) is 7.00. The van der Waals surface area contributed by atoms with E-state index in [1.54, 1.807) is 6.07 Å². The summed E-state index contributed by atoms with van der Waals surface area (Å²) in [4.78, 5) is 15.0. The van der Waals surface area contributed by atoms with Crippen LogP contribution in [0.5, 0.6) is 0 Å². The zero-order valence-electron chi connectivity index (χ0n) is 18.6. The van der Waals surface area contributed by atoms with Crippen LogP contribution in [-0.4, -0.2) is 46.8 Å². The minimum Gasteiger partial charge on any atom is -0.375 e. The lowest BCUT2D eigenvalue weighted by Gasteiger charge is -2.30. The minimum atomic E-state index is -3.62. The lowest BCUT2D eigenvalue weighted by atomic mass is 10.1. The molecule has 0 fully saturated rings. The molecule has 2 aromatic carbocycles. The molecule has 0 heterocycles. The molecule has 0 saturated carbocycles. The predicted molar refractivity (Wildman–Crippen MR) is 125 cm³/mol. The van der Waals surface area contributed by atoms with E-state index in [1.165, 1.54) is 4.31 Å². The largest absolute Gasteiger partial charge is 0.375 e. The summed E-state index contributed by atoms with van der Waals surface area (Å²) >= 11 is 0. The Kier molecular flexibility index (Phi) is 8.29. The van der Waals surface area contributed by atoms with Crippen LogP contribution in [0.3, 0.4) is 0 Å². The topological polar surface area (TPSA) is 69.7 Å². The Balaban J connectivity index is 2.04. The van der Waals surface area contributed by atoms with Crippen molar-refractivity contribution < 1.29 is 13.2 Å². The second-order valence-corrected chi connectivity index (χ2v) is 9.51. The Morgan fingerprint density at radius 2 is 1.70 bits per heavy atom. The fraction of sp³-hybridized carbons (Fsp3) is 0.435. The van der Waals surface area contributed by atoms with E-state index in [0.29, 0.717) is 18.7 Å². The van der Waals surface area contributed by atoms with E-state index in [1.807, 2.05) is 70.3 Å². The molecular formula is C23H33N3O3S. The Hall–Kier alpha value is -2.54. The van der Waals surface area contributed by atoms with Gasteiger partial charge in [-0.2, -0.15) is 0 Å². The molecule has 30 heavy (non-hydrogen) atoms. The van der Waals surface area contributed by atoms with Crippen molar-refractivity contribution in [2.75, 3.05) is 35.6 Å². The van der Waals surface area contributed by atoms with Crippen LogP contribution in [0.25, 0.3) is 0 Å². The second-order valence-electron chi connectivity index (χ2n) is 7.65. The van der Waals surface area contributed by atoms with Gasteiger partial charge in [0.2, 0.25) is 15.9 Å². The summed E-state index contributed by atoms with van der Waals surface area (Å²) in [7, 11) is -1.61. The lowest BCUT2D eigenvalue weighted by Crippen LogP contribution is -2.49. The Bertz CT molecular complexity index is 945. The average molecular weight is 432 g/mol. The number of benzene rings is 2. The van der Waals surface area contributed by atoms with Crippen LogP contribution in [-0.2, 0) is 14.8 Å². The molecule has 164 valence electrons. The highest BCUT2D eigenvalue weighted by atomic mass is 32.2. The number of aryl methyl sites for hydroxylation is 2. The number of nitrogens with one attached hydrogen (secondary N) is 1. The number of hydrogen-bond acceptors (Lipinski definition) is 4. The molecule has 0 spiro atoms. The first kappa shape index (κ1) is 23.7. The molecule has 0 saturated heterocycles. The lowest BCUT2D eigenvalue weighted by molar-refractivity contribution is -0.122. The van der Waals surface area contributed by atoms with Crippen molar-refractivity contribution in [2.24, 2.45) is 0 Å². The van der Waals surface area contributed by atoms with Gasteiger partial charge in [0.1, 0.15) is 6.04 Å². The quantitative estimate of drug-likeness (QED) is 0.585. The van der Waals surface area contributed by atoms with Crippen LogP contribution >= 0.6 is 0 Å². The van der Waals surface area contributed by atoms with Gasteiger partial charge in [-0.3, -0.25) is 9.10 Å². The summed E-state index contributed by atoms with van der Waals surface area (Å²) < 4.78 is 26.3. The summed E-state index contributed by atoms with van der Waals surface area (Å²) in [6, 6.07) is 14.7. The normalized spacial score (nSPS) is 12.3. The summed E-state index contributed by atoms with van der Waals surface area (Å²) in [5.41, 5.74) is 3.70. The van der Waals surface area contributed by atoms with E-state index in [2.05, 4.69) is 10.2 Å². The van der Waals surface area contributed by atoms with Gasteiger partial charge < -0.3 is 10.2 Å². The molecule has 1 N–H and O–H groups in total. The van der Waals surface area contributed by atoms with E-state index in [9.17, 15) is 13.2 Å². The van der Waals surface area contributed by atoms with Crippen LogP contribution in [0.2, 0.25) is 0 Å². The van der Waals surface area contributed by atoms with Crippen molar-refractivity contribution in [3.8, 4) is 0 Å². The van der Waals surface area contributed by atoms with Gasteiger partial charge in [-0.15, -0.1) is 0 Å². The second kappa shape index (κ2) is 10.5. The molecule has 0 radical (unpaired) electrons. The fourth-order valence-corrected chi connectivity index (χ4v) is 4.58. The van der Waals surface area contributed by atoms with Gasteiger partial charge in [0, 0.05) is 25.8 Å². The first-order chi connectivity index (χ1) is 14.1. The number of amides is 1. The third-order valence-electron chi connectivity index (χ3n) is 5.24. The van der Waals surface area contributed by atoms with E-state index >= 15 is 0 Å². The van der Waals surface area contributed by atoms with Crippen LogP contribution in [0.4, 0.5) is 11.4 Å².